The Morgan fingerprint density at radius 2 is 1.12 bits per heavy atom. The molecule has 10 rings (SSSR count). The Morgan fingerprint density at radius 3 is 1.84 bits per heavy atom. The summed E-state index contributed by atoms with van der Waals surface area (Å²) in [4.78, 5) is 2.51. The molecule has 2 heteroatoms. The summed E-state index contributed by atoms with van der Waals surface area (Å²) >= 11 is 0. The molecule has 0 bridgehead atoms. The first-order chi connectivity index (χ1) is 24.1. The molecule has 1 spiro atoms. The van der Waals surface area contributed by atoms with Gasteiger partial charge >= 0.3 is 0 Å². The second kappa shape index (κ2) is 10.3. The number of hydrogen-bond donors (Lipinski definition) is 0. The maximum absolute atomic E-state index is 6.68. The third-order valence-corrected chi connectivity index (χ3v) is 11.2. The predicted octanol–water partition coefficient (Wildman–Crippen LogP) is 11.9. The molecule has 0 aromatic heterocycles. The quantitative estimate of drug-likeness (QED) is 0.189. The highest BCUT2D eigenvalue weighted by Crippen LogP contribution is 2.64. The smallest absolute Gasteiger partial charge is 0.132 e. The molecule has 49 heavy (non-hydrogen) atoms. The molecule has 0 radical (unpaired) electrons. The van der Waals surface area contributed by atoms with Crippen molar-refractivity contribution in [3.8, 4) is 22.6 Å². The van der Waals surface area contributed by atoms with Gasteiger partial charge in [-0.25, -0.2) is 0 Å². The number of ether oxygens (including phenoxy) is 1. The van der Waals surface area contributed by atoms with Crippen LogP contribution in [0.2, 0.25) is 0 Å². The Kier molecular flexibility index (Phi) is 5.93. The number of rotatable bonds is 2. The Balaban J connectivity index is 1.30. The van der Waals surface area contributed by atoms with Gasteiger partial charge in [-0.1, -0.05) is 141 Å². The molecule has 234 valence electrons. The third kappa shape index (κ3) is 3.83. The molecule has 0 atom stereocenters. The van der Waals surface area contributed by atoms with Gasteiger partial charge in [0.15, 0.2) is 0 Å². The summed E-state index contributed by atoms with van der Waals surface area (Å²) in [6, 6.07) is 55.0. The Morgan fingerprint density at radius 1 is 0.551 bits per heavy atom. The Labute approximate surface area is 288 Å². The molecule has 2 heterocycles. The normalized spacial score (nSPS) is 17.3. The molecule has 0 saturated heterocycles. The van der Waals surface area contributed by atoms with Gasteiger partial charge < -0.3 is 9.64 Å². The van der Waals surface area contributed by atoms with Crippen LogP contribution in [0.1, 0.15) is 48.1 Å². The maximum atomic E-state index is 6.68. The largest absolute Gasteiger partial charge is 0.457 e. The minimum Gasteiger partial charge on any atom is -0.457 e. The maximum Gasteiger partial charge on any atom is 0.132 e. The summed E-state index contributed by atoms with van der Waals surface area (Å²) in [5.41, 5.74) is 15.8. The van der Waals surface area contributed by atoms with E-state index in [1.165, 1.54) is 67.0 Å². The van der Waals surface area contributed by atoms with Crippen LogP contribution in [0.3, 0.4) is 0 Å². The SMILES string of the molecule is CC1(C)C2=C(CC=C3C(=C2)N(c2ccc(-c4ccccc4)cc2)c2ccccc2C32c3ccccc3Oc3ccccc32)c2ccccc21. The van der Waals surface area contributed by atoms with E-state index in [0.29, 0.717) is 0 Å². The fourth-order valence-corrected chi connectivity index (χ4v) is 9.05. The molecule has 0 fully saturated rings. The molecular formula is C47H35NO. The van der Waals surface area contributed by atoms with Crippen molar-refractivity contribution in [1.29, 1.82) is 0 Å². The van der Waals surface area contributed by atoms with Gasteiger partial charge in [-0.3, -0.25) is 0 Å². The van der Waals surface area contributed by atoms with E-state index >= 15 is 0 Å². The number of allylic oxidation sites excluding steroid dienone is 5. The van der Waals surface area contributed by atoms with E-state index in [0.717, 1.165) is 23.6 Å². The topological polar surface area (TPSA) is 12.5 Å². The highest BCUT2D eigenvalue weighted by molar-refractivity contribution is 5.91. The molecule has 2 aliphatic carbocycles. The average Bonchev–Trinajstić information content (AvgIpc) is 3.25. The van der Waals surface area contributed by atoms with Crippen molar-refractivity contribution in [1.82, 2.24) is 0 Å². The minimum atomic E-state index is -0.572. The number of para-hydroxylation sites is 3. The first-order valence-electron chi connectivity index (χ1n) is 17.2. The van der Waals surface area contributed by atoms with E-state index in [1.54, 1.807) is 0 Å². The van der Waals surface area contributed by atoms with Gasteiger partial charge in [0.05, 0.1) is 16.8 Å². The zero-order valence-corrected chi connectivity index (χ0v) is 27.7. The van der Waals surface area contributed by atoms with E-state index in [4.69, 9.17) is 4.74 Å². The van der Waals surface area contributed by atoms with Crippen molar-refractivity contribution in [2.75, 3.05) is 4.90 Å². The van der Waals surface area contributed by atoms with Crippen LogP contribution in [0.4, 0.5) is 11.4 Å². The highest BCUT2D eigenvalue weighted by atomic mass is 16.5. The summed E-state index contributed by atoms with van der Waals surface area (Å²) in [5.74, 6) is 1.82. The molecule has 2 nitrogen and oxygen atoms in total. The number of benzene rings is 6. The van der Waals surface area contributed by atoms with Crippen molar-refractivity contribution in [2.45, 2.75) is 31.1 Å². The lowest BCUT2D eigenvalue weighted by atomic mass is 9.60. The van der Waals surface area contributed by atoms with Gasteiger partial charge in [-0.2, -0.15) is 0 Å². The van der Waals surface area contributed by atoms with Gasteiger partial charge in [-0.05, 0) is 87.4 Å². The molecule has 0 N–H and O–H groups in total. The van der Waals surface area contributed by atoms with E-state index in [1.807, 2.05) is 0 Å². The molecule has 6 aromatic rings. The van der Waals surface area contributed by atoms with Crippen LogP contribution in [-0.2, 0) is 10.8 Å². The van der Waals surface area contributed by atoms with Gasteiger partial charge in [0.25, 0.3) is 0 Å². The van der Waals surface area contributed by atoms with Gasteiger partial charge in [0.1, 0.15) is 11.5 Å². The lowest BCUT2D eigenvalue weighted by Gasteiger charge is -2.50. The zero-order chi connectivity index (χ0) is 32.7. The molecular weight excluding hydrogens is 595 g/mol. The lowest BCUT2D eigenvalue weighted by Crippen LogP contribution is -2.43. The predicted molar refractivity (Wildman–Crippen MR) is 200 cm³/mol. The fourth-order valence-electron chi connectivity index (χ4n) is 9.05. The number of anilines is 2. The summed E-state index contributed by atoms with van der Waals surface area (Å²) in [6.07, 6.45) is 5.91. The number of fused-ring (bicyclic) bond motifs is 10. The van der Waals surface area contributed by atoms with Crippen LogP contribution in [0.25, 0.3) is 16.7 Å². The zero-order valence-electron chi connectivity index (χ0n) is 27.7. The summed E-state index contributed by atoms with van der Waals surface area (Å²) in [6.45, 7) is 4.78. The van der Waals surface area contributed by atoms with Crippen LogP contribution in [0.15, 0.2) is 181 Å². The molecule has 6 aromatic carbocycles. The number of nitrogens with zero attached hydrogens (tertiary/aromatic N) is 1. The lowest BCUT2D eigenvalue weighted by molar-refractivity contribution is 0.432. The van der Waals surface area contributed by atoms with E-state index in [2.05, 4.69) is 183 Å². The summed E-state index contributed by atoms with van der Waals surface area (Å²) in [7, 11) is 0. The van der Waals surface area contributed by atoms with Crippen molar-refractivity contribution >= 4 is 16.9 Å². The fraction of sp³-hybridized carbons (Fsp3) is 0.106. The summed E-state index contributed by atoms with van der Waals surface area (Å²) in [5, 5.41) is 0. The second-order valence-corrected chi connectivity index (χ2v) is 14.0. The monoisotopic (exact) mass is 629 g/mol. The van der Waals surface area contributed by atoms with Crippen LogP contribution >= 0.6 is 0 Å². The molecule has 0 unspecified atom stereocenters. The third-order valence-electron chi connectivity index (χ3n) is 11.2. The van der Waals surface area contributed by atoms with Crippen LogP contribution < -0.4 is 9.64 Å². The minimum absolute atomic E-state index is 0.138. The van der Waals surface area contributed by atoms with Crippen molar-refractivity contribution in [3.05, 3.63) is 208 Å². The molecule has 0 amide bonds. The summed E-state index contributed by atoms with van der Waals surface area (Å²) < 4.78 is 6.68. The molecule has 2 aliphatic heterocycles. The van der Waals surface area contributed by atoms with Gasteiger partial charge in [-0.15, -0.1) is 0 Å². The van der Waals surface area contributed by atoms with Crippen LogP contribution in [-0.4, -0.2) is 0 Å². The van der Waals surface area contributed by atoms with Crippen LogP contribution in [0.5, 0.6) is 11.5 Å². The second-order valence-electron chi connectivity index (χ2n) is 14.0. The molecule has 0 saturated carbocycles. The van der Waals surface area contributed by atoms with E-state index in [9.17, 15) is 0 Å². The van der Waals surface area contributed by atoms with Crippen molar-refractivity contribution in [2.24, 2.45) is 0 Å². The Hall–Kier alpha value is -5.86. The Bertz CT molecular complexity index is 2360. The van der Waals surface area contributed by atoms with E-state index < -0.39 is 5.41 Å². The van der Waals surface area contributed by atoms with Gasteiger partial charge in [0, 0.05) is 22.2 Å². The molecule has 4 aliphatic rings. The average molecular weight is 630 g/mol. The van der Waals surface area contributed by atoms with Gasteiger partial charge in [0.2, 0.25) is 0 Å². The first-order valence-corrected chi connectivity index (χ1v) is 17.2. The first kappa shape index (κ1) is 28.2. The van der Waals surface area contributed by atoms with Crippen molar-refractivity contribution < 1.29 is 4.74 Å². The van der Waals surface area contributed by atoms with Crippen LogP contribution in [0, 0.1) is 0 Å². The van der Waals surface area contributed by atoms with Crippen molar-refractivity contribution in [3.63, 3.8) is 0 Å². The van der Waals surface area contributed by atoms with E-state index in [-0.39, 0.29) is 5.41 Å². The highest BCUT2D eigenvalue weighted by Gasteiger charge is 2.53. The number of hydrogen-bond acceptors (Lipinski definition) is 2. The standard InChI is InChI=1S/C47H35NO/c1-46(2)36-17-7-6-16-34(36)35-28-29-38-43(30-41(35)46)48(33-26-24-32(25-27-33)31-14-4-3-5-15-31)42-21-11-8-18-37(42)47(38)39-19-9-12-22-44(39)49-45-23-13-10-20-40(45)47/h3-27,29-30H,28H2,1-2H3.